The molecule has 0 bridgehead atoms. The van der Waals surface area contributed by atoms with E-state index in [0.717, 1.165) is 25.9 Å². The van der Waals surface area contributed by atoms with Crippen LogP contribution in [-0.4, -0.2) is 33.8 Å². The Morgan fingerprint density at radius 2 is 2.21 bits per heavy atom. The Morgan fingerprint density at radius 3 is 2.95 bits per heavy atom. The quantitative estimate of drug-likeness (QED) is 0.779. The monoisotopic (exact) mass is 259 g/mol. The topological polar surface area (TPSA) is 74.7 Å². The third-order valence-electron chi connectivity index (χ3n) is 3.46. The Bertz CT molecular complexity index is 539. The van der Waals surface area contributed by atoms with Crippen LogP contribution >= 0.6 is 0 Å². The number of hydrogen-bond donors (Lipinski definition) is 3. The number of aromatic nitrogens is 3. The number of hydrogen-bond acceptors (Lipinski definition) is 3. The number of rotatable bonds is 3. The predicted octanol–water partition coefficient (Wildman–Crippen LogP) is 1.39. The van der Waals surface area contributed by atoms with Gasteiger partial charge in [0.2, 0.25) is 0 Å². The number of anilines is 1. The van der Waals surface area contributed by atoms with E-state index in [2.05, 4.69) is 25.4 Å². The van der Waals surface area contributed by atoms with Gasteiger partial charge in [0.1, 0.15) is 11.5 Å². The molecular formula is C13H17N5O. The minimum atomic E-state index is -0.104. The van der Waals surface area contributed by atoms with Crippen molar-refractivity contribution in [3.8, 4) is 0 Å². The first-order chi connectivity index (χ1) is 9.34. The van der Waals surface area contributed by atoms with Crippen LogP contribution in [0, 0.1) is 0 Å². The minimum Gasteiger partial charge on any atom is -0.340 e. The van der Waals surface area contributed by atoms with Crippen molar-refractivity contribution < 1.29 is 4.79 Å². The summed E-state index contributed by atoms with van der Waals surface area (Å²) in [6.45, 7) is 2.01. The average Bonchev–Trinajstić information content (AvgIpc) is 3.10. The Balaban J connectivity index is 1.77. The maximum atomic E-state index is 12.2. The summed E-state index contributed by atoms with van der Waals surface area (Å²) in [6.07, 6.45) is 5.71. The molecule has 19 heavy (non-hydrogen) atoms. The lowest BCUT2D eigenvalue weighted by Crippen LogP contribution is -2.31. The van der Waals surface area contributed by atoms with Crippen molar-refractivity contribution in [3.05, 3.63) is 36.3 Å². The van der Waals surface area contributed by atoms with Gasteiger partial charge in [0.25, 0.3) is 5.91 Å². The second-order valence-corrected chi connectivity index (χ2v) is 4.71. The molecule has 1 fully saturated rings. The highest BCUT2D eigenvalue weighted by Crippen LogP contribution is 2.21. The van der Waals surface area contributed by atoms with Crippen molar-refractivity contribution in [2.45, 2.75) is 18.9 Å². The maximum Gasteiger partial charge on any atom is 0.273 e. The van der Waals surface area contributed by atoms with Gasteiger partial charge < -0.3 is 15.2 Å². The summed E-state index contributed by atoms with van der Waals surface area (Å²) in [4.78, 5) is 12.2. The maximum absolute atomic E-state index is 12.2. The summed E-state index contributed by atoms with van der Waals surface area (Å²) in [5, 5.41) is 12.7. The normalized spacial score (nSPS) is 16.4. The van der Waals surface area contributed by atoms with Crippen LogP contribution in [0.15, 0.2) is 30.6 Å². The third kappa shape index (κ3) is 2.53. The lowest BCUT2D eigenvalue weighted by atomic mass is 10.1. The molecule has 6 nitrogen and oxygen atoms in total. The highest BCUT2D eigenvalue weighted by atomic mass is 16.2. The van der Waals surface area contributed by atoms with Crippen molar-refractivity contribution in [1.82, 2.24) is 20.1 Å². The second-order valence-electron chi connectivity index (χ2n) is 4.71. The van der Waals surface area contributed by atoms with Crippen LogP contribution in [0.25, 0.3) is 0 Å². The molecule has 0 spiro atoms. The summed E-state index contributed by atoms with van der Waals surface area (Å²) in [7, 11) is 0. The lowest BCUT2D eigenvalue weighted by molar-refractivity contribution is 0.101. The molecule has 0 radical (unpaired) electrons. The van der Waals surface area contributed by atoms with Gasteiger partial charge in [-0.15, -0.1) is 0 Å². The molecule has 1 aliphatic rings. The standard InChI is InChI=1S/C13H17N5O/c19-13(16-12-5-8-15-17-12)11-2-1-9-18(11)10-3-6-14-7-4-10/h1-2,5,8-10,14H,3-4,6-7H2,(H2,15,16,17,19). The van der Waals surface area contributed by atoms with E-state index in [1.54, 1.807) is 12.3 Å². The molecule has 2 aromatic rings. The van der Waals surface area contributed by atoms with Gasteiger partial charge in [-0.05, 0) is 38.1 Å². The van der Waals surface area contributed by atoms with Crippen LogP contribution in [0.2, 0.25) is 0 Å². The molecule has 0 saturated carbocycles. The fourth-order valence-electron chi connectivity index (χ4n) is 2.50. The lowest BCUT2D eigenvalue weighted by Gasteiger charge is -2.25. The zero-order valence-electron chi connectivity index (χ0n) is 10.6. The van der Waals surface area contributed by atoms with Crippen LogP contribution in [0.1, 0.15) is 29.4 Å². The molecule has 100 valence electrons. The Morgan fingerprint density at radius 1 is 1.37 bits per heavy atom. The smallest absolute Gasteiger partial charge is 0.273 e. The van der Waals surface area contributed by atoms with Crippen molar-refractivity contribution in [2.75, 3.05) is 18.4 Å². The van der Waals surface area contributed by atoms with Crippen LogP contribution in [-0.2, 0) is 0 Å². The van der Waals surface area contributed by atoms with Gasteiger partial charge in [0, 0.05) is 18.3 Å². The fourth-order valence-corrected chi connectivity index (χ4v) is 2.50. The van der Waals surface area contributed by atoms with Crippen molar-refractivity contribution in [2.24, 2.45) is 0 Å². The van der Waals surface area contributed by atoms with E-state index in [-0.39, 0.29) is 5.91 Å². The number of piperidine rings is 1. The summed E-state index contributed by atoms with van der Waals surface area (Å²) in [5.41, 5.74) is 0.696. The van der Waals surface area contributed by atoms with Gasteiger partial charge in [0.15, 0.2) is 0 Å². The van der Waals surface area contributed by atoms with Crippen LogP contribution in [0.5, 0.6) is 0 Å². The molecule has 1 amide bonds. The first-order valence-electron chi connectivity index (χ1n) is 6.53. The summed E-state index contributed by atoms with van der Waals surface area (Å²) in [6, 6.07) is 5.91. The van der Waals surface area contributed by atoms with Gasteiger partial charge in [-0.25, -0.2) is 0 Å². The Labute approximate surface area is 111 Å². The molecular weight excluding hydrogens is 242 g/mol. The molecule has 1 saturated heterocycles. The van der Waals surface area contributed by atoms with Gasteiger partial charge in [-0.1, -0.05) is 0 Å². The van der Waals surface area contributed by atoms with Crippen molar-refractivity contribution in [3.63, 3.8) is 0 Å². The van der Waals surface area contributed by atoms with Crippen LogP contribution < -0.4 is 10.6 Å². The number of H-pyrrole nitrogens is 1. The average molecular weight is 259 g/mol. The third-order valence-corrected chi connectivity index (χ3v) is 3.46. The van der Waals surface area contributed by atoms with Gasteiger partial charge in [-0.3, -0.25) is 9.89 Å². The molecule has 3 heterocycles. The number of aromatic amines is 1. The molecule has 0 atom stereocenters. The molecule has 2 aromatic heterocycles. The van der Waals surface area contributed by atoms with E-state index in [1.807, 2.05) is 18.3 Å². The fraction of sp³-hybridized carbons (Fsp3) is 0.385. The highest BCUT2D eigenvalue weighted by molar-refractivity contribution is 6.02. The molecule has 3 N–H and O–H groups in total. The molecule has 3 rings (SSSR count). The number of amides is 1. The first kappa shape index (κ1) is 12.0. The van der Waals surface area contributed by atoms with Crippen molar-refractivity contribution >= 4 is 11.7 Å². The van der Waals surface area contributed by atoms with E-state index in [9.17, 15) is 4.79 Å². The van der Waals surface area contributed by atoms with Crippen molar-refractivity contribution in [1.29, 1.82) is 0 Å². The number of carbonyl (C=O) groups is 1. The van der Waals surface area contributed by atoms with E-state index in [4.69, 9.17) is 0 Å². The first-order valence-corrected chi connectivity index (χ1v) is 6.53. The molecule has 6 heteroatoms. The zero-order chi connectivity index (χ0) is 13.1. The molecule has 0 aromatic carbocycles. The Hall–Kier alpha value is -2.08. The largest absolute Gasteiger partial charge is 0.340 e. The van der Waals surface area contributed by atoms with Gasteiger partial charge >= 0.3 is 0 Å². The van der Waals surface area contributed by atoms with Gasteiger partial charge in [-0.2, -0.15) is 5.10 Å². The van der Waals surface area contributed by atoms with E-state index in [0.29, 0.717) is 17.6 Å². The Kier molecular flexibility index (Phi) is 3.33. The number of nitrogens with one attached hydrogen (secondary N) is 3. The van der Waals surface area contributed by atoms with Gasteiger partial charge in [0.05, 0.1) is 6.20 Å². The number of carbonyl (C=O) groups excluding carboxylic acids is 1. The van der Waals surface area contributed by atoms with Crippen LogP contribution in [0.3, 0.4) is 0 Å². The molecule has 0 aliphatic carbocycles. The van der Waals surface area contributed by atoms with E-state index >= 15 is 0 Å². The summed E-state index contributed by atoms with van der Waals surface area (Å²) < 4.78 is 2.08. The molecule has 0 unspecified atom stereocenters. The number of nitrogens with zero attached hydrogens (tertiary/aromatic N) is 2. The molecule has 1 aliphatic heterocycles. The van der Waals surface area contributed by atoms with E-state index < -0.39 is 0 Å². The minimum absolute atomic E-state index is 0.104. The second kappa shape index (κ2) is 5.27. The summed E-state index contributed by atoms with van der Waals surface area (Å²) in [5.74, 6) is 0.510. The summed E-state index contributed by atoms with van der Waals surface area (Å²) >= 11 is 0. The van der Waals surface area contributed by atoms with E-state index in [1.165, 1.54) is 0 Å². The SMILES string of the molecule is O=C(Nc1ccn[nH]1)c1cccn1C1CCNCC1. The van der Waals surface area contributed by atoms with Crippen LogP contribution in [0.4, 0.5) is 5.82 Å². The zero-order valence-corrected chi connectivity index (χ0v) is 10.6. The predicted molar refractivity (Wildman–Crippen MR) is 72.1 cm³/mol. The highest BCUT2D eigenvalue weighted by Gasteiger charge is 2.20.